The Morgan fingerprint density at radius 3 is 2.66 bits per heavy atom. The van der Waals surface area contributed by atoms with Crippen molar-refractivity contribution in [1.29, 1.82) is 5.26 Å². The average molecular weight is 450 g/mol. The lowest BCUT2D eigenvalue weighted by atomic mass is 9.72. The number of aliphatic imine (C=N–C) groups is 1. The first-order chi connectivity index (χ1) is 15.3. The van der Waals surface area contributed by atoms with Gasteiger partial charge in [-0.15, -0.1) is 11.3 Å². The van der Waals surface area contributed by atoms with Crippen LogP contribution in [0.5, 0.6) is 5.75 Å². The van der Waals surface area contributed by atoms with Crippen LogP contribution >= 0.6 is 11.3 Å². The standard InChI is InChI=1S/C26H31N3O2S/c1-26(2,3)19-8-11-21-22(15-27)25(32-23(21)14-19)28-16-18-6-9-20(10-7-18)31-17-24(30)29-12-4-5-13-29/h6-7,9-10,16,19H,4-5,8,11-14,17H2,1-3H3/t19-/m0/s1. The molecule has 2 heterocycles. The molecule has 1 amide bonds. The van der Waals surface area contributed by atoms with E-state index in [9.17, 15) is 10.1 Å². The van der Waals surface area contributed by atoms with Crippen molar-refractivity contribution in [2.75, 3.05) is 19.7 Å². The van der Waals surface area contributed by atoms with Crippen molar-refractivity contribution in [2.24, 2.45) is 16.3 Å². The number of likely N-dealkylation sites (tertiary alicyclic amines) is 1. The molecule has 168 valence electrons. The van der Waals surface area contributed by atoms with Gasteiger partial charge in [-0.3, -0.25) is 4.79 Å². The van der Waals surface area contributed by atoms with Gasteiger partial charge >= 0.3 is 0 Å². The van der Waals surface area contributed by atoms with Gasteiger partial charge < -0.3 is 9.64 Å². The number of nitriles is 1. The Morgan fingerprint density at radius 1 is 1.28 bits per heavy atom. The van der Waals surface area contributed by atoms with E-state index in [4.69, 9.17) is 4.74 Å². The molecule has 0 N–H and O–H groups in total. The first-order valence-corrected chi connectivity index (χ1v) is 12.3. The van der Waals surface area contributed by atoms with Gasteiger partial charge in [0.1, 0.15) is 16.8 Å². The summed E-state index contributed by atoms with van der Waals surface area (Å²) in [6.07, 6.45) is 7.10. The van der Waals surface area contributed by atoms with E-state index in [1.807, 2.05) is 29.2 Å². The Kier molecular flexibility index (Phi) is 6.66. The summed E-state index contributed by atoms with van der Waals surface area (Å²) in [7, 11) is 0. The van der Waals surface area contributed by atoms with Crippen LogP contribution in [0.3, 0.4) is 0 Å². The predicted octanol–water partition coefficient (Wildman–Crippen LogP) is 5.52. The maximum absolute atomic E-state index is 12.1. The molecule has 2 aliphatic rings. The summed E-state index contributed by atoms with van der Waals surface area (Å²) in [5.74, 6) is 1.36. The molecule has 2 aromatic rings. The van der Waals surface area contributed by atoms with Crippen LogP contribution in [0, 0.1) is 22.7 Å². The molecule has 6 heteroatoms. The Bertz CT molecular complexity index is 1030. The molecule has 0 radical (unpaired) electrons. The molecule has 1 atom stereocenters. The molecule has 1 fully saturated rings. The van der Waals surface area contributed by atoms with Crippen molar-refractivity contribution >= 4 is 28.5 Å². The van der Waals surface area contributed by atoms with Crippen molar-refractivity contribution in [2.45, 2.75) is 52.9 Å². The summed E-state index contributed by atoms with van der Waals surface area (Å²) in [4.78, 5) is 20.0. The van der Waals surface area contributed by atoms with Crippen LogP contribution < -0.4 is 4.74 Å². The number of benzene rings is 1. The highest BCUT2D eigenvalue weighted by Crippen LogP contribution is 2.44. The highest BCUT2D eigenvalue weighted by molar-refractivity contribution is 7.16. The third-order valence-corrected chi connectivity index (χ3v) is 7.78. The van der Waals surface area contributed by atoms with Gasteiger partial charge in [0.15, 0.2) is 6.61 Å². The van der Waals surface area contributed by atoms with Crippen molar-refractivity contribution < 1.29 is 9.53 Å². The van der Waals surface area contributed by atoms with Crippen molar-refractivity contribution in [3.05, 3.63) is 45.8 Å². The topological polar surface area (TPSA) is 65.7 Å². The Hall–Kier alpha value is -2.65. The normalized spacial score (nSPS) is 18.6. The number of ether oxygens (including phenoxy) is 1. The second-order valence-electron chi connectivity index (χ2n) is 9.81. The number of hydrogen-bond donors (Lipinski definition) is 0. The van der Waals surface area contributed by atoms with Crippen LogP contribution in [0.25, 0.3) is 0 Å². The van der Waals surface area contributed by atoms with Gasteiger partial charge in [-0.05, 0) is 78.8 Å². The van der Waals surface area contributed by atoms with Crippen LogP contribution in [0.4, 0.5) is 5.00 Å². The predicted molar refractivity (Wildman–Crippen MR) is 129 cm³/mol. The minimum absolute atomic E-state index is 0.0486. The minimum atomic E-state index is 0.0486. The zero-order valence-electron chi connectivity index (χ0n) is 19.2. The van der Waals surface area contributed by atoms with Gasteiger partial charge in [0.2, 0.25) is 0 Å². The van der Waals surface area contributed by atoms with E-state index in [0.717, 1.165) is 61.3 Å². The molecule has 0 saturated carbocycles. The number of amides is 1. The summed E-state index contributed by atoms with van der Waals surface area (Å²) >= 11 is 1.66. The third kappa shape index (κ3) is 5.05. The summed E-state index contributed by atoms with van der Waals surface area (Å²) in [6, 6.07) is 9.96. The Morgan fingerprint density at radius 2 is 2.00 bits per heavy atom. The molecular formula is C26H31N3O2S. The smallest absolute Gasteiger partial charge is 0.260 e. The van der Waals surface area contributed by atoms with E-state index in [-0.39, 0.29) is 17.9 Å². The number of thiophene rings is 1. The lowest BCUT2D eigenvalue weighted by molar-refractivity contribution is -0.132. The van der Waals surface area contributed by atoms with Crippen LogP contribution in [0.15, 0.2) is 29.3 Å². The van der Waals surface area contributed by atoms with E-state index in [0.29, 0.717) is 11.7 Å². The molecular weight excluding hydrogens is 418 g/mol. The summed E-state index contributed by atoms with van der Waals surface area (Å²) < 4.78 is 5.65. The SMILES string of the molecule is CC(C)(C)[C@H]1CCc2c(sc(N=Cc3ccc(OCC(=O)N4CCCC4)cc3)c2C#N)C1. The van der Waals surface area contributed by atoms with Gasteiger partial charge in [0.25, 0.3) is 5.91 Å². The second-order valence-corrected chi connectivity index (χ2v) is 10.9. The maximum atomic E-state index is 12.1. The van der Waals surface area contributed by atoms with Gasteiger partial charge in [0, 0.05) is 24.2 Å². The summed E-state index contributed by atoms with van der Waals surface area (Å²) in [5, 5.41) is 10.5. The fourth-order valence-electron chi connectivity index (χ4n) is 4.50. The molecule has 4 rings (SSSR count). The second kappa shape index (κ2) is 9.46. The zero-order chi connectivity index (χ0) is 22.7. The average Bonchev–Trinajstić information content (AvgIpc) is 3.43. The Labute approximate surface area is 194 Å². The molecule has 0 spiro atoms. The molecule has 32 heavy (non-hydrogen) atoms. The number of nitrogens with zero attached hydrogens (tertiary/aromatic N) is 3. The number of fused-ring (bicyclic) bond motifs is 1. The van der Waals surface area contributed by atoms with E-state index >= 15 is 0 Å². The van der Waals surface area contributed by atoms with Crippen LogP contribution in [0.1, 0.15) is 61.6 Å². The lowest BCUT2D eigenvalue weighted by Crippen LogP contribution is -2.32. The first-order valence-electron chi connectivity index (χ1n) is 11.4. The van der Waals surface area contributed by atoms with E-state index < -0.39 is 0 Å². The summed E-state index contributed by atoms with van der Waals surface area (Å²) in [5.41, 5.74) is 3.16. The van der Waals surface area contributed by atoms with Crippen LogP contribution in [0.2, 0.25) is 0 Å². The molecule has 5 nitrogen and oxygen atoms in total. The molecule has 1 aromatic heterocycles. The maximum Gasteiger partial charge on any atom is 0.260 e. The number of carbonyl (C=O) groups is 1. The van der Waals surface area contributed by atoms with Crippen LogP contribution in [-0.2, 0) is 17.6 Å². The molecule has 1 aliphatic carbocycles. The fourth-order valence-corrected chi connectivity index (χ4v) is 5.72. The largest absolute Gasteiger partial charge is 0.484 e. The van der Waals surface area contributed by atoms with E-state index in [1.54, 1.807) is 17.6 Å². The molecule has 0 bridgehead atoms. The van der Waals surface area contributed by atoms with Gasteiger partial charge in [0.05, 0.1) is 5.56 Å². The third-order valence-electron chi connectivity index (χ3n) is 6.62. The van der Waals surface area contributed by atoms with E-state index in [1.165, 1.54) is 10.4 Å². The number of hydrogen-bond acceptors (Lipinski definition) is 5. The number of rotatable bonds is 5. The van der Waals surface area contributed by atoms with Crippen molar-refractivity contribution in [3.8, 4) is 11.8 Å². The minimum Gasteiger partial charge on any atom is -0.484 e. The first kappa shape index (κ1) is 22.5. The molecule has 0 unspecified atom stereocenters. The highest BCUT2D eigenvalue weighted by Gasteiger charge is 2.32. The monoisotopic (exact) mass is 449 g/mol. The molecule has 1 aliphatic heterocycles. The molecule has 1 aromatic carbocycles. The van der Waals surface area contributed by atoms with Gasteiger partial charge in [-0.2, -0.15) is 5.26 Å². The lowest BCUT2D eigenvalue weighted by Gasteiger charge is -2.33. The van der Waals surface area contributed by atoms with Crippen molar-refractivity contribution in [3.63, 3.8) is 0 Å². The van der Waals surface area contributed by atoms with E-state index in [2.05, 4.69) is 31.8 Å². The number of carbonyl (C=O) groups excluding carboxylic acids is 1. The highest BCUT2D eigenvalue weighted by atomic mass is 32.1. The quantitative estimate of drug-likeness (QED) is 0.564. The fraction of sp³-hybridized carbons (Fsp3) is 0.500. The van der Waals surface area contributed by atoms with Crippen LogP contribution in [-0.4, -0.2) is 36.7 Å². The Balaban J connectivity index is 1.41. The zero-order valence-corrected chi connectivity index (χ0v) is 20.0. The summed E-state index contributed by atoms with van der Waals surface area (Å²) in [6.45, 7) is 8.66. The molecule has 1 saturated heterocycles. The van der Waals surface area contributed by atoms with Gasteiger partial charge in [-0.1, -0.05) is 20.8 Å². The van der Waals surface area contributed by atoms with Gasteiger partial charge in [-0.25, -0.2) is 4.99 Å². The van der Waals surface area contributed by atoms with Crippen molar-refractivity contribution in [1.82, 2.24) is 4.90 Å².